The van der Waals surface area contributed by atoms with Crippen molar-refractivity contribution in [2.24, 2.45) is 0 Å². The maximum absolute atomic E-state index is 12.9. The average Bonchev–Trinajstić information content (AvgIpc) is 2.85. The molecule has 2 saturated heterocycles. The highest BCUT2D eigenvalue weighted by atomic mass is 16.5. The van der Waals surface area contributed by atoms with Gasteiger partial charge in [-0.25, -0.2) is 19.7 Å². The van der Waals surface area contributed by atoms with Crippen molar-refractivity contribution in [2.75, 3.05) is 57.1 Å². The van der Waals surface area contributed by atoms with E-state index >= 15 is 0 Å². The number of anilines is 2. The van der Waals surface area contributed by atoms with Crippen molar-refractivity contribution in [3.05, 3.63) is 18.5 Å². The summed E-state index contributed by atoms with van der Waals surface area (Å²) < 4.78 is 11.9. The molecule has 0 spiro atoms. The molecule has 194 valence electrons. The van der Waals surface area contributed by atoms with Gasteiger partial charge in [-0.1, -0.05) is 0 Å². The van der Waals surface area contributed by atoms with Crippen molar-refractivity contribution in [1.82, 2.24) is 35.1 Å². The third-order valence-corrected chi connectivity index (χ3v) is 7.13. The van der Waals surface area contributed by atoms with E-state index in [0.29, 0.717) is 43.3 Å². The quantitative estimate of drug-likeness (QED) is 0.616. The number of ether oxygens (including phenoxy) is 2. The number of morpholine rings is 1. The topological polar surface area (TPSA) is 135 Å². The van der Waals surface area contributed by atoms with Gasteiger partial charge < -0.3 is 35.2 Å². The van der Waals surface area contributed by atoms with E-state index in [2.05, 4.69) is 34.0 Å². The van der Waals surface area contributed by atoms with Gasteiger partial charge in [0.1, 0.15) is 6.10 Å². The van der Waals surface area contributed by atoms with Crippen molar-refractivity contribution >= 4 is 17.9 Å². The average molecular weight is 498 g/mol. The number of hydrogen-bond acceptors (Lipinski definition) is 10. The molecule has 3 aliphatic rings. The van der Waals surface area contributed by atoms with Crippen molar-refractivity contribution < 1.29 is 14.3 Å². The largest absolute Gasteiger partial charge is 0.474 e. The zero-order chi connectivity index (χ0) is 25.2. The van der Waals surface area contributed by atoms with Gasteiger partial charge in [-0.3, -0.25) is 0 Å². The fourth-order valence-corrected chi connectivity index (χ4v) is 4.85. The van der Waals surface area contributed by atoms with Crippen LogP contribution in [0, 0.1) is 0 Å². The number of nitrogens with zero attached hydrogens (tertiary/aromatic N) is 7. The summed E-state index contributed by atoms with van der Waals surface area (Å²) in [7, 11) is 1.89. The maximum Gasteiger partial charge on any atom is 0.320 e. The first-order valence-corrected chi connectivity index (χ1v) is 12.6. The Labute approximate surface area is 211 Å². The molecule has 12 heteroatoms. The second-order valence-electron chi connectivity index (χ2n) is 9.90. The lowest BCUT2D eigenvalue weighted by Crippen LogP contribution is -2.58. The van der Waals surface area contributed by atoms with Crippen LogP contribution in [0.25, 0.3) is 11.3 Å². The molecular weight excluding hydrogens is 462 g/mol. The summed E-state index contributed by atoms with van der Waals surface area (Å²) in [6.07, 6.45) is 4.80. The standard InChI is InChI=1S/C24H35N9O3/c1-15-13-32(5-4-26-15)24(34)31(3)18-8-19(9-18)36-21-10-20(17-11-27-22(25)28-12-17)29-23(30-21)33-6-7-35-14-16(33)2/h10-12,15-16,18-19,26H,4-9,13-14H2,1-3H3,(H2,25,27,28)/t15-,16+,18?,19?/m1/s1. The van der Waals surface area contributed by atoms with Gasteiger partial charge >= 0.3 is 6.03 Å². The number of carbonyl (C=O) groups is 1. The molecule has 3 fully saturated rings. The third-order valence-electron chi connectivity index (χ3n) is 7.13. The summed E-state index contributed by atoms with van der Waals surface area (Å²) in [6.45, 7) is 8.43. The van der Waals surface area contributed by atoms with E-state index in [1.807, 2.05) is 22.9 Å². The summed E-state index contributed by atoms with van der Waals surface area (Å²) in [5.74, 6) is 1.30. The fraction of sp³-hybridized carbons (Fsp3) is 0.625. The monoisotopic (exact) mass is 497 g/mol. The predicted molar refractivity (Wildman–Crippen MR) is 135 cm³/mol. The van der Waals surface area contributed by atoms with Gasteiger partial charge in [0.15, 0.2) is 0 Å². The van der Waals surface area contributed by atoms with Gasteiger partial charge in [0.25, 0.3) is 0 Å². The van der Waals surface area contributed by atoms with Crippen LogP contribution in [0.15, 0.2) is 18.5 Å². The number of amides is 2. The van der Waals surface area contributed by atoms with E-state index in [-0.39, 0.29) is 30.2 Å². The Balaban J connectivity index is 1.28. The van der Waals surface area contributed by atoms with Crippen LogP contribution >= 0.6 is 0 Å². The minimum absolute atomic E-state index is 0.0208. The highest BCUT2D eigenvalue weighted by Crippen LogP contribution is 2.32. The first-order chi connectivity index (χ1) is 17.4. The van der Waals surface area contributed by atoms with Crippen LogP contribution in [0.1, 0.15) is 26.7 Å². The van der Waals surface area contributed by atoms with Gasteiger partial charge in [-0.2, -0.15) is 4.98 Å². The lowest BCUT2D eigenvalue weighted by Gasteiger charge is -2.43. The first-order valence-electron chi connectivity index (χ1n) is 12.6. The van der Waals surface area contributed by atoms with Crippen LogP contribution in [-0.2, 0) is 4.74 Å². The second-order valence-corrected chi connectivity index (χ2v) is 9.90. The van der Waals surface area contributed by atoms with Crippen LogP contribution in [0.3, 0.4) is 0 Å². The van der Waals surface area contributed by atoms with Crippen molar-refractivity contribution in [1.29, 1.82) is 0 Å². The van der Waals surface area contributed by atoms with Crippen molar-refractivity contribution in [2.45, 2.75) is 50.9 Å². The van der Waals surface area contributed by atoms with Crippen LogP contribution in [-0.4, -0.2) is 106 Å². The molecule has 0 radical (unpaired) electrons. The lowest BCUT2D eigenvalue weighted by molar-refractivity contribution is 0.0309. The Bertz CT molecular complexity index is 1060. The van der Waals surface area contributed by atoms with Gasteiger partial charge in [-0.05, 0) is 13.8 Å². The van der Waals surface area contributed by atoms with Crippen LogP contribution in [0.2, 0.25) is 0 Å². The SMILES string of the molecule is C[C@@H]1CN(C(=O)N(C)C2CC(Oc3cc(-c4cnc(N)nc4)nc(N4CCOC[C@@H]4C)n3)C2)CCN1. The summed E-state index contributed by atoms with van der Waals surface area (Å²) in [6, 6.07) is 2.51. The fourth-order valence-electron chi connectivity index (χ4n) is 4.85. The molecule has 2 aromatic heterocycles. The number of nitrogens with two attached hydrogens (primary N) is 1. The molecule has 0 aromatic carbocycles. The zero-order valence-corrected chi connectivity index (χ0v) is 21.1. The number of nitrogens with one attached hydrogen (secondary N) is 1. The van der Waals surface area contributed by atoms with Gasteiger partial charge in [0, 0.05) is 82.2 Å². The van der Waals surface area contributed by atoms with E-state index in [9.17, 15) is 4.79 Å². The normalized spacial score (nSPS) is 26.3. The Morgan fingerprint density at radius 1 is 1.22 bits per heavy atom. The molecule has 4 heterocycles. The first kappa shape index (κ1) is 24.4. The molecule has 2 atom stereocenters. The summed E-state index contributed by atoms with van der Waals surface area (Å²) in [4.78, 5) is 36.6. The summed E-state index contributed by atoms with van der Waals surface area (Å²) in [5, 5.41) is 3.38. The number of urea groups is 1. The zero-order valence-electron chi connectivity index (χ0n) is 21.1. The highest BCUT2D eigenvalue weighted by molar-refractivity contribution is 5.75. The molecule has 1 aliphatic carbocycles. The molecule has 0 bridgehead atoms. The Morgan fingerprint density at radius 2 is 2.00 bits per heavy atom. The molecule has 2 aromatic rings. The van der Waals surface area contributed by atoms with E-state index < -0.39 is 0 Å². The number of carbonyl (C=O) groups excluding carboxylic acids is 1. The van der Waals surface area contributed by atoms with Crippen LogP contribution in [0.5, 0.6) is 5.88 Å². The minimum atomic E-state index is -0.0208. The molecule has 2 amide bonds. The van der Waals surface area contributed by atoms with E-state index in [0.717, 1.165) is 38.0 Å². The smallest absolute Gasteiger partial charge is 0.320 e. The molecule has 1 saturated carbocycles. The molecular formula is C24H35N9O3. The molecule has 0 unspecified atom stereocenters. The summed E-state index contributed by atoms with van der Waals surface area (Å²) in [5.41, 5.74) is 7.08. The molecule has 5 rings (SSSR count). The lowest BCUT2D eigenvalue weighted by atomic mass is 9.88. The maximum atomic E-state index is 12.9. The molecule has 36 heavy (non-hydrogen) atoms. The summed E-state index contributed by atoms with van der Waals surface area (Å²) >= 11 is 0. The van der Waals surface area contributed by atoms with Gasteiger partial charge in [0.05, 0.1) is 24.9 Å². The van der Waals surface area contributed by atoms with Gasteiger partial charge in [-0.15, -0.1) is 0 Å². The predicted octanol–water partition coefficient (Wildman–Crippen LogP) is 0.996. The Kier molecular flexibility index (Phi) is 7.06. The van der Waals surface area contributed by atoms with Crippen molar-refractivity contribution in [3.63, 3.8) is 0 Å². The molecule has 12 nitrogen and oxygen atoms in total. The van der Waals surface area contributed by atoms with Gasteiger partial charge in [0.2, 0.25) is 17.8 Å². The number of aromatic nitrogens is 4. The Hall–Kier alpha value is -3.25. The van der Waals surface area contributed by atoms with Crippen molar-refractivity contribution in [3.8, 4) is 17.1 Å². The minimum Gasteiger partial charge on any atom is -0.474 e. The van der Waals surface area contributed by atoms with E-state index in [1.54, 1.807) is 12.4 Å². The highest BCUT2D eigenvalue weighted by Gasteiger charge is 2.38. The number of rotatable bonds is 5. The van der Waals surface area contributed by atoms with Crippen LogP contribution in [0.4, 0.5) is 16.7 Å². The van der Waals surface area contributed by atoms with E-state index in [4.69, 9.17) is 25.2 Å². The second kappa shape index (κ2) is 10.4. The third kappa shape index (κ3) is 5.29. The molecule has 3 N–H and O–H groups in total. The van der Waals surface area contributed by atoms with Crippen LogP contribution < -0.4 is 20.7 Å². The number of nitrogen functional groups attached to an aromatic ring is 1. The number of hydrogen-bond donors (Lipinski definition) is 2. The van der Waals surface area contributed by atoms with E-state index in [1.165, 1.54) is 0 Å². The number of piperazine rings is 1. The molecule has 2 aliphatic heterocycles. The Morgan fingerprint density at radius 3 is 2.72 bits per heavy atom.